The molecule has 7 rings (SSSR count). The molecule has 13 nitrogen and oxygen atoms in total. The second kappa shape index (κ2) is 16.8. The Hall–Kier alpha value is -5.66. The van der Waals surface area contributed by atoms with Crippen LogP contribution >= 0.6 is 0 Å². The van der Waals surface area contributed by atoms with E-state index in [1.807, 2.05) is 91.9 Å². The van der Waals surface area contributed by atoms with Crippen LogP contribution in [0, 0.1) is 11.8 Å². The number of amides is 3. The molecule has 3 aliphatic rings. The number of aliphatic hydroxyl groups excluding tert-OH is 1. The van der Waals surface area contributed by atoms with Crippen molar-refractivity contribution in [3.63, 3.8) is 0 Å². The monoisotopic (exact) mass is 774 g/mol. The summed E-state index contributed by atoms with van der Waals surface area (Å²) in [5, 5.41) is 19.5. The maximum atomic E-state index is 15.2. The first-order valence-corrected chi connectivity index (χ1v) is 19.6. The molecule has 3 aliphatic heterocycles. The van der Waals surface area contributed by atoms with Crippen LogP contribution in [-0.4, -0.2) is 109 Å². The fraction of sp³-hybridized carbons (Fsp3) is 0.409. The molecule has 1 aromatic heterocycles. The third-order valence-corrected chi connectivity index (χ3v) is 11.9. The topological polar surface area (TPSA) is 147 Å². The van der Waals surface area contributed by atoms with E-state index < -0.39 is 72.2 Å². The number of rotatable bonds is 17. The maximum absolute atomic E-state index is 15.2. The summed E-state index contributed by atoms with van der Waals surface area (Å²) in [6.45, 7) is 9.17. The summed E-state index contributed by atoms with van der Waals surface area (Å²) >= 11 is 0. The predicted molar refractivity (Wildman–Crippen MR) is 212 cm³/mol. The van der Waals surface area contributed by atoms with E-state index in [1.165, 1.54) is 4.90 Å². The lowest BCUT2D eigenvalue weighted by Gasteiger charge is -2.39. The molecule has 3 saturated heterocycles. The third kappa shape index (κ3) is 7.37. The van der Waals surface area contributed by atoms with Crippen LogP contribution in [0.25, 0.3) is 11.0 Å². The number of benzene rings is 3. The zero-order valence-corrected chi connectivity index (χ0v) is 32.4. The Morgan fingerprint density at radius 3 is 2.44 bits per heavy atom. The van der Waals surface area contributed by atoms with Gasteiger partial charge in [0.1, 0.15) is 29.9 Å². The number of carbonyl (C=O) groups excluding carboxylic acids is 4. The summed E-state index contributed by atoms with van der Waals surface area (Å²) in [7, 11) is 1.68. The van der Waals surface area contributed by atoms with Gasteiger partial charge >= 0.3 is 5.97 Å². The van der Waals surface area contributed by atoms with Crippen LogP contribution in [-0.2, 0) is 41.7 Å². The molecule has 298 valence electrons. The number of para-hydroxylation sites is 1. The number of esters is 1. The van der Waals surface area contributed by atoms with E-state index in [4.69, 9.17) is 9.47 Å². The number of aliphatic hydroxyl groups is 1. The molecule has 0 unspecified atom stereocenters. The maximum Gasteiger partial charge on any atom is 0.313 e. The first kappa shape index (κ1) is 39.6. The Morgan fingerprint density at radius 2 is 1.74 bits per heavy atom. The highest BCUT2D eigenvalue weighted by atomic mass is 16.6. The van der Waals surface area contributed by atoms with Crippen molar-refractivity contribution >= 4 is 34.7 Å². The fourth-order valence-corrected chi connectivity index (χ4v) is 9.02. The van der Waals surface area contributed by atoms with E-state index in [1.54, 1.807) is 33.7 Å². The second-order valence-electron chi connectivity index (χ2n) is 15.2. The number of likely N-dealkylation sites (N-methyl/N-ethyl adjacent to an activating group) is 1. The third-order valence-electron chi connectivity index (χ3n) is 11.9. The van der Waals surface area contributed by atoms with Gasteiger partial charge in [-0.2, -0.15) is 0 Å². The van der Waals surface area contributed by atoms with E-state index >= 15 is 9.59 Å². The number of aromatic nitrogens is 3. The van der Waals surface area contributed by atoms with Gasteiger partial charge in [0.25, 0.3) is 0 Å². The van der Waals surface area contributed by atoms with Crippen LogP contribution in [0.3, 0.4) is 0 Å². The molecule has 3 aromatic carbocycles. The number of fused-ring (bicyclic) bond motifs is 2. The van der Waals surface area contributed by atoms with Gasteiger partial charge in [-0.3, -0.25) is 19.2 Å². The lowest BCUT2D eigenvalue weighted by atomic mass is 9.70. The quantitative estimate of drug-likeness (QED) is 0.121. The van der Waals surface area contributed by atoms with Crippen molar-refractivity contribution in [2.75, 3.05) is 20.2 Å². The van der Waals surface area contributed by atoms with E-state index in [-0.39, 0.29) is 32.0 Å². The molecule has 0 radical (unpaired) electrons. The number of likely N-dealkylation sites (tertiary alicyclic amines) is 1. The molecule has 13 heteroatoms. The van der Waals surface area contributed by atoms with Gasteiger partial charge in [-0.15, -0.1) is 18.3 Å². The molecule has 57 heavy (non-hydrogen) atoms. The minimum absolute atomic E-state index is 0.0116. The van der Waals surface area contributed by atoms with Crippen LogP contribution in [0.15, 0.2) is 110 Å². The predicted octanol–water partition coefficient (Wildman–Crippen LogP) is 4.48. The van der Waals surface area contributed by atoms with Gasteiger partial charge in [-0.25, -0.2) is 4.68 Å². The number of ether oxygens (including phenoxy) is 2. The highest BCUT2D eigenvalue weighted by molar-refractivity contribution is 5.98. The van der Waals surface area contributed by atoms with Crippen molar-refractivity contribution < 1.29 is 33.8 Å². The number of carbonyl (C=O) groups is 4. The van der Waals surface area contributed by atoms with Crippen molar-refractivity contribution in [2.45, 2.75) is 81.6 Å². The normalized spacial score (nSPS) is 23.8. The van der Waals surface area contributed by atoms with Crippen molar-refractivity contribution in [2.24, 2.45) is 11.8 Å². The van der Waals surface area contributed by atoms with E-state index in [2.05, 4.69) is 23.5 Å². The Bertz CT molecular complexity index is 2110. The van der Waals surface area contributed by atoms with E-state index in [0.717, 1.165) is 11.1 Å². The van der Waals surface area contributed by atoms with Gasteiger partial charge in [-0.1, -0.05) is 90.2 Å². The van der Waals surface area contributed by atoms with E-state index in [9.17, 15) is 14.7 Å². The second-order valence-corrected chi connectivity index (χ2v) is 15.2. The summed E-state index contributed by atoms with van der Waals surface area (Å²) in [5.41, 5.74) is 1.58. The molecular weight excluding hydrogens is 725 g/mol. The van der Waals surface area contributed by atoms with Gasteiger partial charge in [-0.05, 0) is 55.9 Å². The lowest BCUT2D eigenvalue weighted by molar-refractivity contribution is -0.165. The van der Waals surface area contributed by atoms with Gasteiger partial charge in [0.2, 0.25) is 17.7 Å². The van der Waals surface area contributed by atoms with Crippen molar-refractivity contribution in [3.8, 4) is 0 Å². The molecule has 3 amide bonds. The average Bonchev–Trinajstić information content (AvgIpc) is 4.00. The molecule has 1 spiro atoms. The summed E-state index contributed by atoms with van der Waals surface area (Å²) in [5.74, 6) is -3.71. The number of hydrogen-bond donors (Lipinski definition) is 1. The molecule has 8 atom stereocenters. The smallest absolute Gasteiger partial charge is 0.313 e. The highest BCUT2D eigenvalue weighted by Crippen LogP contribution is 2.59. The molecule has 0 saturated carbocycles. The zero-order chi connectivity index (χ0) is 40.3. The SMILES string of the molecule is C=CCCC(=O)N(C)[C@@H](C)[C@@H](OC(=O)[C@@H]1[C@H]2C(=O)N([C@@H](CO)Cc3ccccc3)[C@H](C(=O)N(CC=C)Cn3nnc4ccccc43)[C@]23CC[C@H]1O3)c1ccccc1. The largest absolute Gasteiger partial charge is 0.455 e. The Labute approximate surface area is 332 Å². The first-order valence-electron chi connectivity index (χ1n) is 19.6. The van der Waals surface area contributed by atoms with Crippen molar-refractivity contribution in [3.05, 3.63) is 121 Å². The summed E-state index contributed by atoms with van der Waals surface area (Å²) in [4.78, 5) is 62.7. The number of allylic oxidation sites excluding steroid dienone is 1. The standard InChI is InChI=1S/C44H50N6O7/c1-5-7-22-36(52)47(4)29(3)39(31-18-12-9-13-19-31)56-43(55)37-35-23-24-44(57-35)38(37)41(53)50(32(27-51)26-30-16-10-8-11-17-30)40(44)42(54)48(25-6-2)28-49-34-21-15-14-20-33(34)45-46-49/h5-6,8-21,29,32,35,37-40,51H,1-2,7,22-28H2,3-4H3/t29-,32+,35+,37-,38-,39+,40+,44-/m0/s1. The Balaban J connectivity index is 1.25. The number of hydrogen-bond acceptors (Lipinski definition) is 9. The minimum atomic E-state index is -1.37. The highest BCUT2D eigenvalue weighted by Gasteiger charge is 2.75. The first-order chi connectivity index (χ1) is 27.6. The van der Waals surface area contributed by atoms with Crippen LogP contribution in [0.4, 0.5) is 0 Å². The Kier molecular flexibility index (Phi) is 11.7. The molecule has 3 fully saturated rings. The molecule has 4 heterocycles. The van der Waals surface area contributed by atoms with Crippen LogP contribution in [0.5, 0.6) is 0 Å². The molecular formula is C44H50N6O7. The van der Waals surface area contributed by atoms with E-state index in [0.29, 0.717) is 30.3 Å². The molecule has 0 aliphatic carbocycles. The number of nitrogens with zero attached hydrogens (tertiary/aromatic N) is 6. The molecule has 2 bridgehead atoms. The molecule has 4 aromatic rings. The Morgan fingerprint density at radius 1 is 1.04 bits per heavy atom. The fourth-order valence-electron chi connectivity index (χ4n) is 9.02. The van der Waals surface area contributed by atoms with Crippen molar-refractivity contribution in [1.82, 2.24) is 29.7 Å². The van der Waals surface area contributed by atoms with Gasteiger partial charge in [0, 0.05) is 20.0 Å². The summed E-state index contributed by atoms with van der Waals surface area (Å²) < 4.78 is 14.8. The van der Waals surface area contributed by atoms with Gasteiger partial charge < -0.3 is 29.3 Å². The lowest BCUT2D eigenvalue weighted by Crippen LogP contribution is -2.59. The van der Waals surface area contributed by atoms with Gasteiger partial charge in [0.05, 0.1) is 42.1 Å². The zero-order valence-electron chi connectivity index (χ0n) is 32.4. The van der Waals surface area contributed by atoms with Crippen molar-refractivity contribution in [1.29, 1.82) is 0 Å². The molecule has 1 N–H and O–H groups in total. The minimum Gasteiger partial charge on any atom is -0.455 e. The summed E-state index contributed by atoms with van der Waals surface area (Å²) in [6, 6.07) is 23.6. The van der Waals surface area contributed by atoms with Crippen LogP contribution < -0.4 is 0 Å². The van der Waals surface area contributed by atoms with Crippen LogP contribution in [0.2, 0.25) is 0 Å². The van der Waals surface area contributed by atoms with Crippen LogP contribution in [0.1, 0.15) is 49.8 Å². The van der Waals surface area contributed by atoms with Gasteiger partial charge in [0.15, 0.2) is 0 Å². The summed E-state index contributed by atoms with van der Waals surface area (Å²) in [6.07, 6.45) is 3.55. The average molecular weight is 775 g/mol.